The Kier molecular flexibility index (Phi) is 4.53. The van der Waals surface area contributed by atoms with Crippen LogP contribution in [0.5, 0.6) is 0 Å². The van der Waals surface area contributed by atoms with Crippen molar-refractivity contribution in [2.45, 2.75) is 12.8 Å². The Morgan fingerprint density at radius 1 is 1.14 bits per heavy atom. The van der Waals surface area contributed by atoms with Gasteiger partial charge >= 0.3 is 23.1 Å². The molecular weight excluding hydrogens is 122 g/mol. The zero-order chi connectivity index (χ0) is 4.41. The van der Waals surface area contributed by atoms with Gasteiger partial charge in [0.1, 0.15) is 0 Å². The van der Waals surface area contributed by atoms with Gasteiger partial charge < -0.3 is 0 Å². The first-order valence-corrected chi connectivity index (χ1v) is 2.64. The predicted molar refractivity (Wildman–Crippen MR) is 35.2 cm³/mol. The summed E-state index contributed by atoms with van der Waals surface area (Å²) in [6.45, 7) is 2.17. The van der Waals surface area contributed by atoms with E-state index < -0.39 is 0 Å². The summed E-state index contributed by atoms with van der Waals surface area (Å²) < 4.78 is 1.83. The number of hydrogen-bond donors (Lipinski definition) is 0. The zero-order valence-corrected chi connectivity index (χ0v) is 4.41. The fourth-order valence-corrected chi connectivity index (χ4v) is 0.918. The lowest BCUT2D eigenvalue weighted by Crippen LogP contribution is -2.02. The largest absolute Gasteiger partial charge is 0.316 e. The Labute approximate surface area is 65.3 Å². The van der Waals surface area contributed by atoms with Gasteiger partial charge in [-0.3, -0.25) is 0 Å². The maximum absolute atomic E-state index is 5.55. The maximum atomic E-state index is 5.55. The van der Waals surface area contributed by atoms with Gasteiger partial charge in [0.2, 0.25) is 0 Å². The molecule has 0 aliphatic carbocycles. The van der Waals surface area contributed by atoms with Gasteiger partial charge in [-0.2, -0.15) is 0 Å². The molecular formula is C4H10ClMgN. The van der Waals surface area contributed by atoms with E-state index in [9.17, 15) is 0 Å². The van der Waals surface area contributed by atoms with Crippen molar-refractivity contribution in [2.24, 2.45) is 0 Å². The van der Waals surface area contributed by atoms with Crippen molar-refractivity contribution < 1.29 is 0 Å². The Balaban J connectivity index is 0.000000360. The molecule has 0 amide bonds. The molecule has 0 bridgehead atoms. The molecule has 1 rings (SSSR count). The molecule has 40 valence electrons. The maximum Gasteiger partial charge on any atom is 0.316 e. The molecule has 7 heavy (non-hydrogen) atoms. The van der Waals surface area contributed by atoms with Gasteiger partial charge in [-0.05, 0) is 24.6 Å². The van der Waals surface area contributed by atoms with Gasteiger partial charge in [0.25, 0.3) is 0 Å². The molecule has 0 aromatic carbocycles. The van der Waals surface area contributed by atoms with E-state index >= 15 is 0 Å². The Morgan fingerprint density at radius 3 is 1.71 bits per heavy atom. The van der Waals surface area contributed by atoms with E-state index in [0.29, 0.717) is 0 Å². The molecule has 1 heterocycles. The van der Waals surface area contributed by atoms with E-state index in [0.717, 1.165) is 13.1 Å². The van der Waals surface area contributed by atoms with Crippen LogP contribution in [0.2, 0.25) is 0 Å². The third-order valence-electron chi connectivity index (χ3n) is 1.05. The van der Waals surface area contributed by atoms with Crippen LogP contribution in [0.25, 0.3) is 0 Å². The third-order valence-corrected chi connectivity index (χ3v) is 1.39. The summed E-state index contributed by atoms with van der Waals surface area (Å²) in [5, 5.41) is 0. The van der Waals surface area contributed by atoms with Crippen molar-refractivity contribution >= 4 is 34.8 Å². The lowest BCUT2D eigenvalue weighted by molar-refractivity contribution is 0.567. The molecule has 0 saturated carbocycles. The summed E-state index contributed by atoms with van der Waals surface area (Å²) in [6, 6.07) is 0. The van der Waals surface area contributed by atoms with Crippen LogP contribution in [0.1, 0.15) is 12.8 Å². The SMILES string of the molecule is ClN1CCCC1.[MgH2]. The highest BCUT2D eigenvalue weighted by Crippen LogP contribution is 2.08. The molecule has 1 aliphatic rings. The average Bonchev–Trinajstić information content (AvgIpc) is 1.86. The molecule has 0 aromatic rings. The van der Waals surface area contributed by atoms with E-state index in [4.69, 9.17) is 11.8 Å². The van der Waals surface area contributed by atoms with E-state index in [2.05, 4.69) is 0 Å². The molecule has 0 N–H and O–H groups in total. The highest BCUT2D eigenvalue weighted by atomic mass is 35.5. The van der Waals surface area contributed by atoms with Crippen molar-refractivity contribution in [1.29, 1.82) is 0 Å². The van der Waals surface area contributed by atoms with Crippen LogP contribution in [-0.2, 0) is 0 Å². The van der Waals surface area contributed by atoms with Crippen LogP contribution in [0.15, 0.2) is 0 Å². The van der Waals surface area contributed by atoms with Crippen LogP contribution in [0.4, 0.5) is 0 Å². The van der Waals surface area contributed by atoms with Gasteiger partial charge in [-0.1, -0.05) is 0 Å². The number of halogens is 1. The minimum absolute atomic E-state index is 0. The van der Waals surface area contributed by atoms with Crippen molar-refractivity contribution in [3.8, 4) is 0 Å². The molecule has 0 aromatic heterocycles. The second-order valence-electron chi connectivity index (χ2n) is 1.62. The van der Waals surface area contributed by atoms with E-state index in [1.165, 1.54) is 12.8 Å². The van der Waals surface area contributed by atoms with Crippen LogP contribution >= 0.6 is 11.8 Å². The highest BCUT2D eigenvalue weighted by molar-refractivity contribution is 6.13. The molecule has 1 fully saturated rings. The van der Waals surface area contributed by atoms with Crippen molar-refractivity contribution in [3.05, 3.63) is 0 Å². The van der Waals surface area contributed by atoms with Gasteiger partial charge in [-0.15, -0.1) is 0 Å². The van der Waals surface area contributed by atoms with Gasteiger partial charge in [-0.25, -0.2) is 4.42 Å². The molecule has 1 saturated heterocycles. The van der Waals surface area contributed by atoms with Gasteiger partial charge in [0, 0.05) is 13.1 Å². The summed E-state index contributed by atoms with van der Waals surface area (Å²) in [6.07, 6.45) is 2.56. The minimum Gasteiger partial charge on any atom is -0.220 e. The van der Waals surface area contributed by atoms with Crippen LogP contribution in [0.3, 0.4) is 0 Å². The molecule has 1 aliphatic heterocycles. The third kappa shape index (κ3) is 2.75. The summed E-state index contributed by atoms with van der Waals surface area (Å²) in [5.41, 5.74) is 0. The fraction of sp³-hybridized carbons (Fsp3) is 1.00. The highest BCUT2D eigenvalue weighted by Gasteiger charge is 2.05. The number of rotatable bonds is 0. The standard InChI is InChI=1S/C4H8ClN.Mg.2H/c5-6-3-1-2-4-6;;;/h1-4H2;;;. The number of hydrogen-bond acceptors (Lipinski definition) is 1. The van der Waals surface area contributed by atoms with Gasteiger partial charge in [0.05, 0.1) is 0 Å². The summed E-state index contributed by atoms with van der Waals surface area (Å²) in [5.74, 6) is 0. The smallest absolute Gasteiger partial charge is 0.220 e. The molecule has 1 nitrogen and oxygen atoms in total. The van der Waals surface area contributed by atoms with Crippen LogP contribution in [-0.4, -0.2) is 40.6 Å². The zero-order valence-electron chi connectivity index (χ0n) is 3.65. The Bertz CT molecular complexity index is 45.0. The monoisotopic (exact) mass is 131 g/mol. The second kappa shape index (κ2) is 3.95. The number of nitrogens with zero attached hydrogens (tertiary/aromatic N) is 1. The first-order chi connectivity index (χ1) is 2.89. The van der Waals surface area contributed by atoms with E-state index in [1.54, 1.807) is 0 Å². The quantitative estimate of drug-likeness (QED) is 0.338. The minimum atomic E-state index is 0. The fourth-order valence-electron chi connectivity index (χ4n) is 0.679. The summed E-state index contributed by atoms with van der Waals surface area (Å²) >= 11 is 5.55. The Hall–Kier alpha value is 1.02. The first kappa shape index (κ1) is 8.02. The van der Waals surface area contributed by atoms with E-state index in [1.807, 2.05) is 4.42 Å². The molecule has 0 atom stereocenters. The lowest BCUT2D eigenvalue weighted by Gasteiger charge is -1.96. The Morgan fingerprint density at radius 2 is 1.57 bits per heavy atom. The van der Waals surface area contributed by atoms with Crippen LogP contribution < -0.4 is 0 Å². The molecule has 3 heteroatoms. The van der Waals surface area contributed by atoms with Crippen molar-refractivity contribution in [3.63, 3.8) is 0 Å². The van der Waals surface area contributed by atoms with Gasteiger partial charge in [0.15, 0.2) is 0 Å². The normalized spacial score (nSPS) is 21.9. The lowest BCUT2D eigenvalue weighted by atomic mass is 10.4. The molecule has 0 unspecified atom stereocenters. The van der Waals surface area contributed by atoms with Crippen LogP contribution in [0, 0.1) is 0 Å². The summed E-state index contributed by atoms with van der Waals surface area (Å²) in [7, 11) is 0. The molecule has 0 spiro atoms. The average molecular weight is 132 g/mol. The first-order valence-electron chi connectivity index (χ1n) is 2.30. The summed E-state index contributed by atoms with van der Waals surface area (Å²) in [4.78, 5) is 0. The van der Waals surface area contributed by atoms with Crippen molar-refractivity contribution in [2.75, 3.05) is 13.1 Å². The second-order valence-corrected chi connectivity index (χ2v) is 2.10. The molecule has 0 radical (unpaired) electrons. The van der Waals surface area contributed by atoms with Crippen molar-refractivity contribution in [1.82, 2.24) is 4.42 Å². The predicted octanol–water partition coefficient (Wildman–Crippen LogP) is 0.320. The van der Waals surface area contributed by atoms with E-state index in [-0.39, 0.29) is 23.1 Å². The topological polar surface area (TPSA) is 3.24 Å².